The summed E-state index contributed by atoms with van der Waals surface area (Å²) in [5.74, 6) is -1.83. The third-order valence-corrected chi connectivity index (χ3v) is 3.86. The Balaban J connectivity index is 2.43. The number of hydrogen-bond donors (Lipinski definition) is 0. The van der Waals surface area contributed by atoms with Crippen LogP contribution in [0.15, 0.2) is 36.4 Å². The third kappa shape index (κ3) is 3.24. The average molecular weight is 322 g/mol. The Morgan fingerprint density at radius 3 is 2.48 bits per heavy atom. The number of nitriles is 1. The molecule has 21 heavy (non-hydrogen) atoms. The standard InChI is InChI=1S/C16H10Cl2FNO/c1-9-6-11(19)3-4-12(9)16(21)13(8-20)10-2-5-14(17)15(18)7-10/h2-7,13H,1H3. The van der Waals surface area contributed by atoms with Crippen LogP contribution in [0.25, 0.3) is 0 Å². The van der Waals surface area contributed by atoms with Crippen LogP contribution in [0.3, 0.4) is 0 Å². The summed E-state index contributed by atoms with van der Waals surface area (Å²) in [7, 11) is 0. The first-order valence-electron chi connectivity index (χ1n) is 6.09. The molecule has 0 N–H and O–H groups in total. The van der Waals surface area contributed by atoms with Crippen LogP contribution in [0.1, 0.15) is 27.4 Å². The Morgan fingerprint density at radius 1 is 1.19 bits per heavy atom. The number of rotatable bonds is 3. The molecule has 0 aliphatic heterocycles. The van der Waals surface area contributed by atoms with Gasteiger partial charge in [0.15, 0.2) is 5.78 Å². The van der Waals surface area contributed by atoms with Crippen molar-refractivity contribution in [2.45, 2.75) is 12.8 Å². The van der Waals surface area contributed by atoms with Crippen molar-refractivity contribution in [3.05, 3.63) is 69.0 Å². The normalized spacial score (nSPS) is 11.8. The number of hydrogen-bond acceptors (Lipinski definition) is 2. The topological polar surface area (TPSA) is 40.9 Å². The van der Waals surface area contributed by atoms with Crippen LogP contribution in [0.4, 0.5) is 4.39 Å². The Morgan fingerprint density at radius 2 is 1.90 bits per heavy atom. The Kier molecular flexibility index (Phi) is 4.62. The predicted octanol–water partition coefficient (Wildman–Crippen LogP) is 4.93. The average Bonchev–Trinajstić information content (AvgIpc) is 2.43. The summed E-state index contributed by atoms with van der Waals surface area (Å²) in [4.78, 5) is 12.5. The molecule has 2 aromatic rings. The first-order chi connectivity index (χ1) is 9.93. The maximum Gasteiger partial charge on any atom is 0.184 e. The van der Waals surface area contributed by atoms with Crippen molar-refractivity contribution in [1.82, 2.24) is 0 Å². The van der Waals surface area contributed by atoms with Gasteiger partial charge in [-0.1, -0.05) is 29.3 Å². The van der Waals surface area contributed by atoms with Gasteiger partial charge in [0, 0.05) is 5.56 Å². The van der Waals surface area contributed by atoms with Crippen molar-refractivity contribution in [1.29, 1.82) is 5.26 Å². The molecule has 0 aliphatic rings. The van der Waals surface area contributed by atoms with Crippen LogP contribution >= 0.6 is 23.2 Å². The highest BCUT2D eigenvalue weighted by atomic mass is 35.5. The van der Waals surface area contributed by atoms with Gasteiger partial charge in [0.2, 0.25) is 0 Å². The van der Waals surface area contributed by atoms with Gasteiger partial charge in [-0.05, 0) is 48.4 Å². The van der Waals surface area contributed by atoms with Crippen molar-refractivity contribution in [3.63, 3.8) is 0 Å². The zero-order chi connectivity index (χ0) is 15.6. The molecule has 2 aromatic carbocycles. The van der Waals surface area contributed by atoms with E-state index in [9.17, 15) is 14.4 Å². The summed E-state index contributed by atoms with van der Waals surface area (Å²) in [6.07, 6.45) is 0. The minimum Gasteiger partial charge on any atom is -0.292 e. The molecule has 0 saturated carbocycles. The Bertz CT molecular complexity index is 752. The van der Waals surface area contributed by atoms with Crippen molar-refractivity contribution < 1.29 is 9.18 Å². The van der Waals surface area contributed by atoms with Crippen molar-refractivity contribution in [2.75, 3.05) is 0 Å². The molecule has 0 aromatic heterocycles. The molecule has 0 spiro atoms. The molecule has 0 saturated heterocycles. The lowest BCUT2D eigenvalue weighted by Gasteiger charge is -2.11. The molecular weight excluding hydrogens is 312 g/mol. The zero-order valence-corrected chi connectivity index (χ0v) is 12.5. The second-order valence-corrected chi connectivity index (χ2v) is 5.37. The zero-order valence-electron chi connectivity index (χ0n) is 11.0. The monoisotopic (exact) mass is 321 g/mol. The van der Waals surface area contributed by atoms with E-state index in [-0.39, 0.29) is 5.02 Å². The molecule has 0 heterocycles. The van der Waals surface area contributed by atoms with E-state index in [0.717, 1.165) is 0 Å². The van der Waals surface area contributed by atoms with E-state index in [1.807, 2.05) is 6.07 Å². The number of nitrogens with zero attached hydrogens (tertiary/aromatic N) is 1. The first kappa shape index (κ1) is 15.5. The molecule has 1 unspecified atom stereocenters. The van der Waals surface area contributed by atoms with Crippen LogP contribution < -0.4 is 0 Å². The fourth-order valence-corrected chi connectivity index (χ4v) is 2.34. The second-order valence-electron chi connectivity index (χ2n) is 4.56. The lowest BCUT2D eigenvalue weighted by Crippen LogP contribution is -2.13. The molecule has 2 nitrogen and oxygen atoms in total. The Labute approximate surface area is 131 Å². The number of benzene rings is 2. The van der Waals surface area contributed by atoms with Crippen LogP contribution in [-0.4, -0.2) is 5.78 Å². The van der Waals surface area contributed by atoms with E-state index in [1.165, 1.54) is 30.3 Å². The van der Waals surface area contributed by atoms with Gasteiger partial charge in [-0.15, -0.1) is 0 Å². The number of carbonyl (C=O) groups is 1. The molecular formula is C16H10Cl2FNO. The van der Waals surface area contributed by atoms with E-state index in [1.54, 1.807) is 13.0 Å². The first-order valence-corrected chi connectivity index (χ1v) is 6.84. The molecule has 0 bridgehead atoms. The smallest absolute Gasteiger partial charge is 0.184 e. The van der Waals surface area contributed by atoms with Crippen LogP contribution in [-0.2, 0) is 0 Å². The fraction of sp³-hybridized carbons (Fsp3) is 0.125. The highest BCUT2D eigenvalue weighted by Gasteiger charge is 2.23. The van der Waals surface area contributed by atoms with Gasteiger partial charge < -0.3 is 0 Å². The lowest BCUT2D eigenvalue weighted by molar-refractivity contribution is 0.0978. The minimum atomic E-state index is -1.01. The number of ketones is 1. The summed E-state index contributed by atoms with van der Waals surface area (Å²) in [5, 5.41) is 9.92. The molecule has 0 radical (unpaired) electrons. The van der Waals surface area contributed by atoms with E-state index in [2.05, 4.69) is 0 Å². The number of carbonyl (C=O) groups excluding carboxylic acids is 1. The van der Waals surface area contributed by atoms with Gasteiger partial charge in [0.1, 0.15) is 11.7 Å². The molecule has 2 rings (SSSR count). The van der Waals surface area contributed by atoms with Crippen molar-refractivity contribution >= 4 is 29.0 Å². The highest BCUT2D eigenvalue weighted by Crippen LogP contribution is 2.29. The minimum absolute atomic E-state index is 0.276. The number of Topliss-reactive ketones (excluding diaryl/α,β-unsaturated/α-hetero) is 1. The van der Waals surface area contributed by atoms with E-state index in [0.29, 0.717) is 21.7 Å². The summed E-state index contributed by atoms with van der Waals surface area (Å²) in [6, 6.07) is 10.4. The quantitative estimate of drug-likeness (QED) is 0.752. The molecule has 0 aliphatic carbocycles. The van der Waals surface area contributed by atoms with Gasteiger partial charge in [-0.3, -0.25) is 4.79 Å². The van der Waals surface area contributed by atoms with Crippen molar-refractivity contribution in [2.24, 2.45) is 0 Å². The summed E-state index contributed by atoms with van der Waals surface area (Å²) < 4.78 is 13.1. The van der Waals surface area contributed by atoms with Crippen LogP contribution in [0.2, 0.25) is 10.0 Å². The lowest BCUT2D eigenvalue weighted by atomic mass is 9.90. The van der Waals surface area contributed by atoms with Gasteiger partial charge in [0.05, 0.1) is 16.1 Å². The van der Waals surface area contributed by atoms with Crippen molar-refractivity contribution in [3.8, 4) is 6.07 Å². The van der Waals surface area contributed by atoms with Crippen LogP contribution in [0.5, 0.6) is 0 Å². The second kappa shape index (κ2) is 6.26. The summed E-state index contributed by atoms with van der Waals surface area (Å²) in [5.41, 5.74) is 1.26. The molecule has 0 fully saturated rings. The maximum atomic E-state index is 13.1. The molecule has 106 valence electrons. The van der Waals surface area contributed by atoms with E-state index >= 15 is 0 Å². The van der Waals surface area contributed by atoms with Gasteiger partial charge in [-0.25, -0.2) is 4.39 Å². The Hall–Kier alpha value is -1.89. The highest BCUT2D eigenvalue weighted by molar-refractivity contribution is 6.42. The molecule has 1 atom stereocenters. The third-order valence-electron chi connectivity index (χ3n) is 3.12. The van der Waals surface area contributed by atoms with Gasteiger partial charge in [0.25, 0.3) is 0 Å². The predicted molar refractivity (Wildman–Crippen MR) is 80.3 cm³/mol. The maximum absolute atomic E-state index is 13.1. The van der Waals surface area contributed by atoms with Crippen LogP contribution in [0, 0.1) is 24.1 Å². The SMILES string of the molecule is Cc1cc(F)ccc1C(=O)C(C#N)c1ccc(Cl)c(Cl)c1. The van der Waals surface area contributed by atoms with Gasteiger partial charge >= 0.3 is 0 Å². The van der Waals surface area contributed by atoms with E-state index in [4.69, 9.17) is 23.2 Å². The molecule has 5 heteroatoms. The summed E-state index contributed by atoms with van der Waals surface area (Å²) in [6.45, 7) is 1.62. The van der Waals surface area contributed by atoms with E-state index < -0.39 is 17.5 Å². The fourth-order valence-electron chi connectivity index (χ4n) is 2.04. The van der Waals surface area contributed by atoms with Gasteiger partial charge in [-0.2, -0.15) is 5.26 Å². The summed E-state index contributed by atoms with van der Waals surface area (Å²) >= 11 is 11.7. The number of halogens is 3. The largest absolute Gasteiger partial charge is 0.292 e. The molecule has 0 amide bonds. The number of aryl methyl sites for hydroxylation is 1.